The van der Waals surface area contributed by atoms with Gasteiger partial charge in [0.05, 0.1) is 19.0 Å². The average Bonchev–Trinajstić information content (AvgIpc) is 3.08. The topological polar surface area (TPSA) is 32.3 Å². The number of halogens is 1. The van der Waals surface area contributed by atoms with Crippen molar-refractivity contribution in [2.75, 3.05) is 32.1 Å². The molecule has 24 heavy (non-hydrogen) atoms. The van der Waals surface area contributed by atoms with Gasteiger partial charge in [0.1, 0.15) is 12.6 Å². The maximum Gasteiger partial charge on any atom is 0.102 e. The smallest absolute Gasteiger partial charge is 0.102 e. The van der Waals surface area contributed by atoms with E-state index in [1.165, 1.54) is 41.7 Å². The van der Waals surface area contributed by atoms with Gasteiger partial charge in [0.25, 0.3) is 0 Å². The number of fused-ring (bicyclic) bond motifs is 2. The molecular weight excluding hydrogens is 411 g/mol. The Bertz CT molecular complexity index is 705. The zero-order valence-electron chi connectivity index (χ0n) is 14.5. The van der Waals surface area contributed by atoms with E-state index in [2.05, 4.69) is 49.6 Å². The number of para-hydroxylation sites is 1. The third-order valence-electron chi connectivity index (χ3n) is 7.70. The van der Waals surface area contributed by atoms with E-state index >= 15 is 0 Å². The molecule has 3 fully saturated rings. The molecule has 5 rings (SSSR count). The second-order valence-electron chi connectivity index (χ2n) is 8.39. The summed E-state index contributed by atoms with van der Waals surface area (Å²) in [6, 6.07) is 10.0. The first-order valence-electron chi connectivity index (χ1n) is 9.10. The van der Waals surface area contributed by atoms with Crippen molar-refractivity contribution in [3.05, 3.63) is 41.5 Å². The number of likely N-dealkylation sites (N-methyl/N-ethyl adjacent to an activating group) is 1. The van der Waals surface area contributed by atoms with Crippen LogP contribution in [-0.2, 0) is 5.41 Å². The molecule has 3 aliphatic heterocycles. The zero-order valence-corrected chi connectivity index (χ0v) is 16.7. The van der Waals surface area contributed by atoms with Gasteiger partial charge in [-0.2, -0.15) is 0 Å². The fourth-order valence-electron chi connectivity index (χ4n) is 6.76. The molecule has 3 nitrogen and oxygen atoms in total. The summed E-state index contributed by atoms with van der Waals surface area (Å²) in [5.74, 6) is 0.899. The number of allylic oxidation sites excluding steroid dienone is 1. The summed E-state index contributed by atoms with van der Waals surface area (Å²) in [5.41, 5.74) is 4.65. The lowest BCUT2D eigenvalue weighted by atomic mass is 9.55. The summed E-state index contributed by atoms with van der Waals surface area (Å²) in [6.45, 7) is 4.93. The monoisotopic (exact) mass is 438 g/mol. The minimum atomic E-state index is 0. The fourth-order valence-corrected chi connectivity index (χ4v) is 6.76. The van der Waals surface area contributed by atoms with Gasteiger partial charge >= 0.3 is 0 Å². The fraction of sp³-hybridized carbons (Fsp3) is 0.600. The van der Waals surface area contributed by atoms with E-state index in [1.807, 2.05) is 0 Å². The Balaban J connectivity index is 0.00000146. The number of nitrogens with zero attached hydrogens (tertiary/aromatic N) is 1. The van der Waals surface area contributed by atoms with Crippen molar-refractivity contribution in [1.29, 1.82) is 0 Å². The van der Waals surface area contributed by atoms with Crippen LogP contribution in [0.3, 0.4) is 0 Å². The third-order valence-corrected chi connectivity index (χ3v) is 7.70. The van der Waals surface area contributed by atoms with Crippen LogP contribution in [0.2, 0.25) is 0 Å². The van der Waals surface area contributed by atoms with E-state index in [0.717, 1.165) is 0 Å². The Morgan fingerprint density at radius 3 is 2.92 bits per heavy atom. The number of benzene rings is 1. The summed E-state index contributed by atoms with van der Waals surface area (Å²) in [7, 11) is 2.47. The van der Waals surface area contributed by atoms with Crippen LogP contribution in [0.5, 0.6) is 0 Å². The maximum atomic E-state index is 10.3. The Hall–Kier alpha value is -0.590. The lowest BCUT2D eigenvalue weighted by Crippen LogP contribution is -3.00. The van der Waals surface area contributed by atoms with Crippen molar-refractivity contribution in [1.82, 2.24) is 0 Å². The maximum absolute atomic E-state index is 10.3. The quantitative estimate of drug-likeness (QED) is 0.353. The van der Waals surface area contributed by atoms with E-state index in [9.17, 15) is 5.11 Å². The number of anilines is 1. The predicted molar refractivity (Wildman–Crippen MR) is 92.3 cm³/mol. The first kappa shape index (κ1) is 16.9. The third kappa shape index (κ3) is 1.80. The van der Waals surface area contributed by atoms with Crippen LogP contribution in [0, 0.1) is 11.8 Å². The highest BCUT2D eigenvalue weighted by molar-refractivity contribution is 5.64. The molecule has 6 atom stereocenters. The molecule has 0 aromatic heterocycles. The van der Waals surface area contributed by atoms with E-state index < -0.39 is 0 Å². The largest absolute Gasteiger partial charge is 1.00 e. The van der Waals surface area contributed by atoms with Crippen LogP contribution in [0.15, 0.2) is 35.9 Å². The Kier molecular flexibility index (Phi) is 3.83. The van der Waals surface area contributed by atoms with Gasteiger partial charge in [-0.25, -0.2) is 0 Å². The average molecular weight is 438 g/mol. The second kappa shape index (κ2) is 5.45. The van der Waals surface area contributed by atoms with Crippen molar-refractivity contribution >= 4 is 5.69 Å². The van der Waals surface area contributed by atoms with Gasteiger partial charge in [-0.1, -0.05) is 24.3 Å². The number of quaternary nitrogens is 1. The molecular formula is C20H27IN2O. The number of hydrogen-bond donors (Lipinski definition) is 2. The number of aliphatic hydroxyl groups is 1. The van der Waals surface area contributed by atoms with E-state index in [4.69, 9.17) is 0 Å². The second-order valence-corrected chi connectivity index (χ2v) is 8.39. The Labute approximate surface area is 161 Å². The first-order valence-corrected chi connectivity index (χ1v) is 9.10. The van der Waals surface area contributed by atoms with Crippen molar-refractivity contribution in [3.8, 4) is 0 Å². The minimum Gasteiger partial charge on any atom is -1.00 e. The molecule has 1 aromatic rings. The van der Waals surface area contributed by atoms with Gasteiger partial charge < -0.3 is 38.9 Å². The molecule has 130 valence electrons. The molecule has 0 radical (unpaired) electrons. The summed E-state index contributed by atoms with van der Waals surface area (Å²) in [4.78, 5) is 0. The molecule has 1 spiro atoms. The van der Waals surface area contributed by atoms with Gasteiger partial charge in [0.15, 0.2) is 0 Å². The lowest BCUT2D eigenvalue weighted by Gasteiger charge is -2.56. The number of aliphatic hydroxyl groups excluding tert-OH is 1. The summed E-state index contributed by atoms with van der Waals surface area (Å²) in [5, 5.41) is 14.1. The summed E-state index contributed by atoms with van der Waals surface area (Å²) < 4.78 is 1.20. The SMILES string of the molecule is CC=C1C[N+]2(C)CC[C@]34c5ccccc5N[C@H]3[C@@H](CO)[C@H]1C[C@H]42.[I-]. The lowest BCUT2D eigenvalue weighted by molar-refractivity contribution is -0.925. The molecule has 1 saturated carbocycles. The molecule has 3 heterocycles. The molecule has 4 heteroatoms. The number of rotatable bonds is 1. The number of hydrogen-bond acceptors (Lipinski definition) is 2. The van der Waals surface area contributed by atoms with Gasteiger partial charge in [-0.15, -0.1) is 0 Å². The van der Waals surface area contributed by atoms with Crippen LogP contribution in [-0.4, -0.2) is 48.4 Å². The molecule has 2 bridgehead atoms. The summed E-state index contributed by atoms with van der Waals surface area (Å²) >= 11 is 0. The number of nitrogens with one attached hydrogen (secondary N) is 1. The van der Waals surface area contributed by atoms with Crippen LogP contribution >= 0.6 is 0 Å². The molecule has 4 aliphatic rings. The van der Waals surface area contributed by atoms with Crippen molar-refractivity contribution < 1.29 is 33.6 Å². The predicted octanol–water partition coefficient (Wildman–Crippen LogP) is -0.470. The highest BCUT2D eigenvalue weighted by atomic mass is 127. The van der Waals surface area contributed by atoms with Crippen LogP contribution in [0.1, 0.15) is 25.3 Å². The van der Waals surface area contributed by atoms with E-state index in [1.54, 1.807) is 5.57 Å². The van der Waals surface area contributed by atoms with Gasteiger partial charge in [0, 0.05) is 37.1 Å². The van der Waals surface area contributed by atoms with Gasteiger partial charge in [-0.05, 0) is 30.0 Å². The number of piperidine rings is 1. The zero-order chi connectivity index (χ0) is 15.8. The Morgan fingerprint density at radius 2 is 2.17 bits per heavy atom. The van der Waals surface area contributed by atoms with Crippen LogP contribution in [0.25, 0.3) is 0 Å². The normalized spacial score (nSPS) is 46.0. The molecule has 2 saturated heterocycles. The molecule has 1 aliphatic carbocycles. The van der Waals surface area contributed by atoms with E-state index in [0.29, 0.717) is 30.5 Å². The van der Waals surface area contributed by atoms with Crippen LogP contribution in [0.4, 0.5) is 5.69 Å². The molecule has 0 amide bonds. The van der Waals surface area contributed by atoms with Gasteiger partial charge in [0.2, 0.25) is 0 Å². The molecule has 1 aromatic carbocycles. The van der Waals surface area contributed by atoms with Crippen LogP contribution < -0.4 is 29.3 Å². The standard InChI is InChI=1S/C20H27N2O.HI/c1-3-13-11-22(2)9-8-20-16-6-4-5-7-17(16)21-19(20)15(12-23)14(13)10-18(20)22;/h3-7,14-15,18-19,21,23H,8-12H2,1-2H3;1H/q+1;/p-1/t14-,15-,18+,19-,20+,22?;/m0./s1. The highest BCUT2D eigenvalue weighted by Gasteiger charge is 2.70. The van der Waals surface area contributed by atoms with E-state index in [-0.39, 0.29) is 29.4 Å². The molecule has 1 unspecified atom stereocenters. The Morgan fingerprint density at radius 1 is 1.38 bits per heavy atom. The highest BCUT2D eigenvalue weighted by Crippen LogP contribution is 2.62. The minimum absolute atomic E-state index is 0. The first-order chi connectivity index (χ1) is 11.1. The summed E-state index contributed by atoms with van der Waals surface area (Å²) in [6.07, 6.45) is 4.83. The van der Waals surface area contributed by atoms with Crippen molar-refractivity contribution in [3.63, 3.8) is 0 Å². The van der Waals surface area contributed by atoms with Gasteiger partial charge in [-0.3, -0.25) is 0 Å². The molecule has 2 N–H and O–H groups in total. The van der Waals surface area contributed by atoms with Crippen molar-refractivity contribution in [2.24, 2.45) is 11.8 Å². The van der Waals surface area contributed by atoms with Crippen molar-refractivity contribution in [2.45, 2.75) is 37.3 Å².